The van der Waals surface area contributed by atoms with Gasteiger partial charge in [0.1, 0.15) is 0 Å². The van der Waals surface area contributed by atoms with Gasteiger partial charge in [-0.2, -0.15) is 5.10 Å². The molecule has 0 spiro atoms. The Bertz CT molecular complexity index is 981. The lowest BCUT2D eigenvalue weighted by Gasteiger charge is -2.31. The summed E-state index contributed by atoms with van der Waals surface area (Å²) in [6, 6.07) is 9.90. The highest BCUT2D eigenvalue weighted by Gasteiger charge is 2.29. The minimum Gasteiger partial charge on any atom is -0.424 e. The number of para-hydroxylation sites is 1. The van der Waals surface area contributed by atoms with Gasteiger partial charge in [-0.3, -0.25) is 9.69 Å². The fourth-order valence-electron chi connectivity index (χ4n) is 3.94. The summed E-state index contributed by atoms with van der Waals surface area (Å²) in [6.07, 6.45) is 4.62. The molecule has 8 nitrogen and oxygen atoms in total. The number of piperidine rings is 1. The van der Waals surface area contributed by atoms with E-state index in [2.05, 4.69) is 20.4 Å². The molecule has 3 heterocycles. The van der Waals surface area contributed by atoms with Gasteiger partial charge in [0.15, 0.2) is 0 Å². The summed E-state index contributed by atoms with van der Waals surface area (Å²) in [4.78, 5) is 15.1. The molecular formula is C22H28N6O2. The molecule has 0 unspecified atom stereocenters. The SMILES string of the molecule is CCNC(=O)c1cn(-c2ccccc2)nc1[C@@H]1CCCN(Cc2nnc(CC)o2)C1. The molecule has 1 N–H and O–H groups in total. The highest BCUT2D eigenvalue weighted by atomic mass is 16.4. The van der Waals surface area contributed by atoms with Gasteiger partial charge in [-0.05, 0) is 38.4 Å². The molecule has 3 aromatic rings. The molecule has 0 radical (unpaired) electrons. The summed E-state index contributed by atoms with van der Waals surface area (Å²) in [5, 5.41) is 16.0. The normalized spacial score (nSPS) is 17.2. The van der Waals surface area contributed by atoms with Crippen LogP contribution < -0.4 is 5.32 Å². The average molecular weight is 409 g/mol. The van der Waals surface area contributed by atoms with Crippen LogP contribution in [0.3, 0.4) is 0 Å². The van der Waals surface area contributed by atoms with E-state index >= 15 is 0 Å². The number of hydrogen-bond acceptors (Lipinski definition) is 6. The van der Waals surface area contributed by atoms with Gasteiger partial charge in [-0.1, -0.05) is 25.1 Å². The molecule has 0 bridgehead atoms. The van der Waals surface area contributed by atoms with E-state index in [4.69, 9.17) is 9.52 Å². The highest BCUT2D eigenvalue weighted by Crippen LogP contribution is 2.30. The maximum Gasteiger partial charge on any atom is 0.254 e. The lowest BCUT2D eigenvalue weighted by molar-refractivity contribution is 0.0953. The maximum atomic E-state index is 12.7. The summed E-state index contributed by atoms with van der Waals surface area (Å²) < 4.78 is 7.49. The van der Waals surface area contributed by atoms with Crippen molar-refractivity contribution in [2.24, 2.45) is 0 Å². The molecule has 1 amide bonds. The molecule has 4 rings (SSSR count). The summed E-state index contributed by atoms with van der Waals surface area (Å²) >= 11 is 0. The first kappa shape index (κ1) is 20.3. The number of benzene rings is 1. The minimum absolute atomic E-state index is 0.0729. The van der Waals surface area contributed by atoms with Crippen LogP contribution in [0.1, 0.15) is 60.4 Å². The van der Waals surface area contributed by atoms with Crippen molar-refractivity contribution in [1.29, 1.82) is 0 Å². The van der Waals surface area contributed by atoms with Gasteiger partial charge >= 0.3 is 0 Å². The van der Waals surface area contributed by atoms with Crippen LogP contribution in [-0.4, -0.2) is 50.4 Å². The van der Waals surface area contributed by atoms with E-state index in [0.717, 1.165) is 43.7 Å². The molecule has 1 aliphatic heterocycles. The second-order valence-corrected chi connectivity index (χ2v) is 7.58. The van der Waals surface area contributed by atoms with Gasteiger partial charge in [-0.15, -0.1) is 10.2 Å². The first-order valence-electron chi connectivity index (χ1n) is 10.6. The van der Waals surface area contributed by atoms with Crippen molar-refractivity contribution in [1.82, 2.24) is 30.2 Å². The second kappa shape index (κ2) is 9.21. The topological polar surface area (TPSA) is 89.1 Å². The molecule has 158 valence electrons. The van der Waals surface area contributed by atoms with Crippen LogP contribution in [-0.2, 0) is 13.0 Å². The Labute approximate surface area is 176 Å². The summed E-state index contributed by atoms with van der Waals surface area (Å²) in [5.74, 6) is 1.41. The first-order valence-corrected chi connectivity index (χ1v) is 10.6. The van der Waals surface area contributed by atoms with Crippen molar-refractivity contribution >= 4 is 5.91 Å². The lowest BCUT2D eigenvalue weighted by atomic mass is 9.92. The van der Waals surface area contributed by atoms with Gasteiger partial charge in [0.25, 0.3) is 5.91 Å². The molecule has 0 saturated carbocycles. The van der Waals surface area contributed by atoms with Gasteiger partial charge in [0, 0.05) is 31.6 Å². The quantitative estimate of drug-likeness (QED) is 0.647. The number of aromatic nitrogens is 4. The lowest BCUT2D eigenvalue weighted by Crippen LogP contribution is -2.35. The molecule has 1 fully saturated rings. The Morgan fingerprint density at radius 1 is 1.20 bits per heavy atom. The third-order valence-electron chi connectivity index (χ3n) is 5.41. The number of likely N-dealkylation sites (tertiary alicyclic amines) is 1. The van der Waals surface area contributed by atoms with E-state index in [-0.39, 0.29) is 11.8 Å². The Morgan fingerprint density at radius 2 is 2.00 bits per heavy atom. The Kier molecular flexibility index (Phi) is 6.23. The van der Waals surface area contributed by atoms with Crippen molar-refractivity contribution in [3.63, 3.8) is 0 Å². The maximum absolute atomic E-state index is 12.7. The van der Waals surface area contributed by atoms with Crippen LogP contribution >= 0.6 is 0 Å². The van der Waals surface area contributed by atoms with Crippen molar-refractivity contribution in [2.45, 2.75) is 45.6 Å². The third-order valence-corrected chi connectivity index (χ3v) is 5.41. The Balaban J connectivity index is 1.57. The fraction of sp³-hybridized carbons (Fsp3) is 0.455. The van der Waals surface area contributed by atoms with Crippen LogP contribution in [0.2, 0.25) is 0 Å². The number of nitrogens with one attached hydrogen (secondary N) is 1. The second-order valence-electron chi connectivity index (χ2n) is 7.58. The molecule has 8 heteroatoms. The monoisotopic (exact) mass is 408 g/mol. The number of nitrogens with zero attached hydrogens (tertiary/aromatic N) is 5. The molecule has 0 aliphatic carbocycles. The summed E-state index contributed by atoms with van der Waals surface area (Å²) in [5.41, 5.74) is 2.45. The van der Waals surface area contributed by atoms with E-state index in [1.165, 1.54) is 0 Å². The molecule has 1 atom stereocenters. The van der Waals surface area contributed by atoms with E-state index in [9.17, 15) is 4.79 Å². The Hall–Kier alpha value is -3.00. The van der Waals surface area contributed by atoms with E-state index in [0.29, 0.717) is 30.4 Å². The molecule has 2 aromatic heterocycles. The fourth-order valence-corrected chi connectivity index (χ4v) is 3.94. The standard InChI is InChI=1S/C22H28N6O2/c1-3-19-24-25-20(30-19)15-27-12-8-9-16(13-27)21-18(22(29)23-4-2)14-28(26-21)17-10-6-5-7-11-17/h5-7,10-11,14,16H,3-4,8-9,12-13,15H2,1-2H3,(H,23,29)/t16-/m1/s1. The summed E-state index contributed by atoms with van der Waals surface area (Å²) in [7, 11) is 0. The van der Waals surface area contributed by atoms with Crippen molar-refractivity contribution in [3.05, 3.63) is 59.6 Å². The predicted octanol–water partition coefficient (Wildman–Crippen LogP) is 2.95. The number of rotatable bonds is 7. The molecule has 1 aliphatic rings. The van der Waals surface area contributed by atoms with Gasteiger partial charge < -0.3 is 9.73 Å². The number of carbonyl (C=O) groups is 1. The average Bonchev–Trinajstić information content (AvgIpc) is 3.42. The van der Waals surface area contributed by atoms with E-state index in [1.807, 2.05) is 55.1 Å². The number of carbonyl (C=O) groups excluding carboxylic acids is 1. The van der Waals surface area contributed by atoms with Crippen LogP contribution in [0.25, 0.3) is 5.69 Å². The highest BCUT2D eigenvalue weighted by molar-refractivity contribution is 5.95. The van der Waals surface area contributed by atoms with Crippen LogP contribution in [0.4, 0.5) is 0 Å². The zero-order chi connectivity index (χ0) is 20.9. The molecule has 1 aromatic carbocycles. The number of aryl methyl sites for hydroxylation is 1. The number of hydrogen-bond donors (Lipinski definition) is 1. The number of amides is 1. The zero-order valence-corrected chi connectivity index (χ0v) is 17.5. The predicted molar refractivity (Wildman–Crippen MR) is 112 cm³/mol. The zero-order valence-electron chi connectivity index (χ0n) is 17.5. The van der Waals surface area contributed by atoms with E-state index in [1.54, 1.807) is 0 Å². The van der Waals surface area contributed by atoms with Crippen molar-refractivity contribution in [2.75, 3.05) is 19.6 Å². The van der Waals surface area contributed by atoms with Crippen molar-refractivity contribution < 1.29 is 9.21 Å². The van der Waals surface area contributed by atoms with Crippen LogP contribution in [0.15, 0.2) is 40.9 Å². The van der Waals surface area contributed by atoms with Gasteiger partial charge in [0.05, 0.1) is 23.5 Å². The van der Waals surface area contributed by atoms with Crippen LogP contribution in [0, 0.1) is 0 Å². The largest absolute Gasteiger partial charge is 0.424 e. The smallest absolute Gasteiger partial charge is 0.254 e. The van der Waals surface area contributed by atoms with Gasteiger partial charge in [0.2, 0.25) is 11.8 Å². The minimum atomic E-state index is -0.0729. The Morgan fingerprint density at radius 3 is 2.73 bits per heavy atom. The molecule has 1 saturated heterocycles. The summed E-state index contributed by atoms with van der Waals surface area (Å²) in [6.45, 7) is 6.91. The van der Waals surface area contributed by atoms with Crippen molar-refractivity contribution in [3.8, 4) is 5.69 Å². The first-order chi connectivity index (χ1) is 14.7. The third kappa shape index (κ3) is 4.43. The molecular weight excluding hydrogens is 380 g/mol. The van der Waals surface area contributed by atoms with Gasteiger partial charge in [-0.25, -0.2) is 4.68 Å². The van der Waals surface area contributed by atoms with E-state index < -0.39 is 0 Å². The molecule has 30 heavy (non-hydrogen) atoms. The van der Waals surface area contributed by atoms with Crippen LogP contribution in [0.5, 0.6) is 0 Å².